The van der Waals surface area contributed by atoms with Crippen LogP contribution in [0, 0.1) is 0 Å². The Kier molecular flexibility index (Phi) is 123. The molecule has 122 heavy (non-hydrogen) atoms. The van der Waals surface area contributed by atoms with Crippen molar-refractivity contribution in [1.29, 1.82) is 0 Å². The van der Waals surface area contributed by atoms with E-state index < -0.39 is 0 Å². The number of imidazole rings is 1. The molecule has 0 amide bonds. The van der Waals surface area contributed by atoms with Gasteiger partial charge in [-0.05, 0) is 179 Å². The molecule has 2 aliphatic heterocycles. The molecule has 0 fully saturated rings. The fourth-order valence-corrected chi connectivity index (χ4v) is 13.3. The van der Waals surface area contributed by atoms with Crippen LogP contribution in [0.1, 0.15) is 382 Å². The number of aryl methyl sites for hydroxylation is 13. The van der Waals surface area contributed by atoms with Gasteiger partial charge in [-0.15, -0.1) is 34.0 Å². The lowest BCUT2D eigenvalue weighted by Gasteiger charge is -2.13. The van der Waals surface area contributed by atoms with Crippen molar-refractivity contribution in [2.45, 2.75) is 398 Å². The average Bonchev–Trinajstić information content (AvgIpc) is 1.72. The third kappa shape index (κ3) is 64.0. The Bertz CT molecular complexity index is 3400. The Hall–Kier alpha value is -7.84. The summed E-state index contributed by atoms with van der Waals surface area (Å²) in [6.45, 7) is 82.3. The highest BCUT2D eigenvalue weighted by Crippen LogP contribution is 2.25. The summed E-state index contributed by atoms with van der Waals surface area (Å²) in [5.41, 5.74) is 19.8. The smallest absolute Gasteiger partial charge is 0.181 e. The van der Waals surface area contributed by atoms with Gasteiger partial charge in [0.1, 0.15) is 9.77 Å². The summed E-state index contributed by atoms with van der Waals surface area (Å²) in [6.07, 6.45) is 30.9. The molecule has 1 N–H and O–H groups in total. The van der Waals surface area contributed by atoms with Gasteiger partial charge < -0.3 is 9.40 Å². The van der Waals surface area contributed by atoms with Crippen LogP contribution < -0.4 is 0 Å². The second-order valence-electron chi connectivity index (χ2n) is 21.7. The zero-order chi connectivity index (χ0) is 95.2. The molecule has 0 spiro atoms. The number of nitrogens with one attached hydrogen (secondary N) is 1. The largest absolute Gasteiger partial charge is 0.448 e. The molecule has 0 atom stereocenters. The minimum absolute atomic E-state index is 1.09. The number of nitrogens with zero attached hydrogens (tertiary/aromatic N) is 8. The highest BCUT2D eigenvalue weighted by Gasteiger charge is 2.15. The first-order chi connectivity index (χ1) is 60.5. The van der Waals surface area contributed by atoms with E-state index in [1.54, 1.807) is 51.5 Å². The molecule has 9 heterocycles. The molecular formula is C109H191N9OS3. The van der Waals surface area contributed by atoms with Crippen LogP contribution in [-0.2, 0) is 83.7 Å². The maximum Gasteiger partial charge on any atom is 0.181 e. The van der Waals surface area contributed by atoms with E-state index in [4.69, 9.17) is 4.42 Å². The number of oxazole rings is 1. The molecule has 0 saturated carbocycles. The Morgan fingerprint density at radius 3 is 1.20 bits per heavy atom. The van der Waals surface area contributed by atoms with E-state index in [1.807, 2.05) is 310 Å². The number of thiophene rings is 1. The predicted molar refractivity (Wildman–Crippen MR) is 565 cm³/mol. The molecule has 0 unspecified atom stereocenters. The normalized spacial score (nSPS) is 10.6. The van der Waals surface area contributed by atoms with Crippen LogP contribution in [0.15, 0.2) is 204 Å². The van der Waals surface area contributed by atoms with Crippen molar-refractivity contribution >= 4 is 59.9 Å². The molecule has 12 aromatic rings. The van der Waals surface area contributed by atoms with Crippen molar-refractivity contribution in [3.8, 4) is 0 Å². The van der Waals surface area contributed by atoms with Crippen LogP contribution in [0.4, 0.5) is 0 Å². The van der Waals surface area contributed by atoms with Crippen LogP contribution in [-0.4, -0.2) is 44.5 Å². The molecule has 5 aromatic carbocycles. The monoisotopic (exact) mass is 1740 g/mol. The lowest BCUT2D eigenvalue weighted by Crippen LogP contribution is -2.10. The fourth-order valence-electron chi connectivity index (χ4n) is 10.8. The Morgan fingerprint density at radius 2 is 0.779 bits per heavy atom. The van der Waals surface area contributed by atoms with Gasteiger partial charge in [0.05, 0.1) is 39.9 Å². The van der Waals surface area contributed by atoms with Crippen LogP contribution in [0.2, 0.25) is 0 Å². The maximum absolute atomic E-state index is 5.06. The van der Waals surface area contributed by atoms with Crippen molar-refractivity contribution in [3.05, 3.63) is 267 Å². The first kappa shape index (κ1) is 135. The summed E-state index contributed by atoms with van der Waals surface area (Å²) >= 11 is 5.25. The van der Waals surface area contributed by atoms with E-state index in [2.05, 4.69) is 185 Å². The van der Waals surface area contributed by atoms with Gasteiger partial charge in [-0.1, -0.05) is 402 Å². The van der Waals surface area contributed by atoms with Crippen molar-refractivity contribution in [2.24, 2.45) is 0 Å². The van der Waals surface area contributed by atoms with Gasteiger partial charge in [0.15, 0.2) is 6.39 Å². The summed E-state index contributed by atoms with van der Waals surface area (Å²) in [4.78, 5) is 21.1. The van der Waals surface area contributed by atoms with E-state index in [-0.39, 0.29) is 0 Å². The molecule has 18 rings (SSSR count). The Balaban J connectivity index is -0.000000137. The van der Waals surface area contributed by atoms with Crippen LogP contribution in [0.3, 0.4) is 0 Å². The standard InChI is InChI=1S/C10H12.C10H8.C9H10.C8H10.C7H10N2.2C6H8N2.C6H7NO.C6H7NS.C5H3NS2.18C2H6/c2*1-2-6-10-8-4-3-7-9(10)5-1;1-8(2)9-6-4-3-5-7-9;1-2-8-6-4-3-5-7-8;1-2-6-9-7(3-1)4-5-8-9;1-2-6-3-4-7-8(6)5-1;3*1-2-5-6(3-1)8-4-7-5;1-2-7-5-4(1)6-3-8-5;18*1-2/h1-2,5-6H,3-4,7-8H2;1-8H;3-7H,1H2,2H3;3-7H,2H2,1H3;4-5H,1-3,6H2;3-4H,1-2,5H2;4H,1-3H2,(H,7,8);2*4H,1-3H2;1-3H;18*1-2H3. The van der Waals surface area contributed by atoms with Gasteiger partial charge in [-0.3, -0.25) is 9.36 Å². The SMILES string of the molecule is C=C(C)c1ccccc1.CC.CC.CC.CC.CC.CC.CC.CC.CC.CC.CC.CC.CC.CC.CC.CC.CC.CC.CCc1ccccc1.c1cc2n(n1)CCC2.c1cc2n(n1)CCCC2.c1cc2ncsc2s1.c1ccc2c(c1)CCCC2.c1ccc2ccccc2c1.c1nc2c([nH]1)CCC2.c1nc2c(o1)CCC2.c1nc2c(s1)CCC2. The second-order valence-corrected chi connectivity index (χ2v) is 24.7. The van der Waals surface area contributed by atoms with Crippen molar-refractivity contribution in [2.75, 3.05) is 0 Å². The minimum atomic E-state index is 1.09. The Labute approximate surface area is 768 Å². The molecule has 0 saturated heterocycles. The number of benzene rings is 5. The predicted octanol–water partition coefficient (Wildman–Crippen LogP) is 36.9. The average molecular weight is 1740 g/mol. The molecular weight excluding hydrogens is 1550 g/mol. The lowest BCUT2D eigenvalue weighted by molar-refractivity contribution is 0.486. The molecule has 696 valence electrons. The molecule has 7 aromatic heterocycles. The first-order valence-electron chi connectivity index (χ1n) is 48.8. The third-order valence-corrected chi connectivity index (χ3v) is 18.4. The number of thiazole rings is 2. The fraction of sp³-hybridized carbons (Fsp3) is 0.541. The quantitative estimate of drug-likeness (QED) is 0.183. The molecule has 13 heteroatoms. The number of H-pyrrole nitrogens is 1. The van der Waals surface area contributed by atoms with Crippen molar-refractivity contribution < 1.29 is 4.42 Å². The van der Waals surface area contributed by atoms with Crippen LogP contribution in [0.5, 0.6) is 0 Å². The van der Waals surface area contributed by atoms with Gasteiger partial charge >= 0.3 is 0 Å². The molecule has 0 bridgehead atoms. The van der Waals surface area contributed by atoms with Gasteiger partial charge in [0.25, 0.3) is 0 Å². The molecule has 6 aliphatic rings. The number of hydrogen-bond acceptors (Lipinski definition) is 10. The number of aromatic nitrogens is 9. The van der Waals surface area contributed by atoms with E-state index in [0.29, 0.717) is 0 Å². The zero-order valence-corrected chi connectivity index (χ0v) is 88.7. The summed E-state index contributed by atoms with van der Waals surface area (Å²) in [6, 6.07) is 52.4. The number of allylic oxidation sites excluding steroid dienone is 1. The van der Waals surface area contributed by atoms with E-state index in [0.717, 1.165) is 49.2 Å². The number of fused-ring (bicyclic) bond motifs is 8. The number of hydrogen-bond donors (Lipinski definition) is 1. The topological polar surface area (TPSA) is 116 Å². The molecule has 0 radical (unpaired) electrons. The summed E-state index contributed by atoms with van der Waals surface area (Å²) in [5, 5.41) is 13.0. The van der Waals surface area contributed by atoms with Gasteiger partial charge in [-0.25, -0.2) is 19.9 Å². The summed E-state index contributed by atoms with van der Waals surface area (Å²) in [5.74, 6) is 1.10. The van der Waals surface area contributed by atoms with Gasteiger partial charge in [-0.2, -0.15) is 10.2 Å². The number of rotatable bonds is 2. The second kappa shape index (κ2) is 111. The summed E-state index contributed by atoms with van der Waals surface area (Å²) < 4.78 is 10.6. The minimum Gasteiger partial charge on any atom is -0.448 e. The van der Waals surface area contributed by atoms with Gasteiger partial charge in [0, 0.05) is 53.9 Å². The third-order valence-electron chi connectivity index (χ3n) is 15.6. The van der Waals surface area contributed by atoms with Gasteiger partial charge in [0.2, 0.25) is 0 Å². The zero-order valence-electron chi connectivity index (χ0n) is 86.2. The first-order valence-corrected chi connectivity index (χ1v) is 51.5. The van der Waals surface area contributed by atoms with E-state index in [1.165, 1.54) is 174 Å². The van der Waals surface area contributed by atoms with E-state index >= 15 is 0 Å². The maximum atomic E-state index is 5.06. The number of aromatic amines is 1. The highest BCUT2D eigenvalue weighted by atomic mass is 32.2. The van der Waals surface area contributed by atoms with Crippen LogP contribution in [0.25, 0.3) is 25.9 Å². The summed E-state index contributed by atoms with van der Waals surface area (Å²) in [7, 11) is 0. The van der Waals surface area contributed by atoms with E-state index in [9.17, 15) is 0 Å². The van der Waals surface area contributed by atoms with Crippen LogP contribution >= 0.6 is 34.0 Å². The Morgan fingerprint density at radius 1 is 0.369 bits per heavy atom. The van der Waals surface area contributed by atoms with Crippen molar-refractivity contribution in [3.63, 3.8) is 0 Å². The molecule has 10 nitrogen and oxygen atoms in total. The van der Waals surface area contributed by atoms with Crippen molar-refractivity contribution in [1.82, 2.24) is 44.5 Å². The highest BCUT2D eigenvalue weighted by molar-refractivity contribution is 7.36. The molecule has 4 aliphatic carbocycles. The lowest BCUT2D eigenvalue weighted by atomic mass is 9.92.